The fourth-order valence-corrected chi connectivity index (χ4v) is 4.34. The maximum absolute atomic E-state index is 12.2. The van der Waals surface area contributed by atoms with Crippen LogP contribution in [0.25, 0.3) is 6.08 Å². The number of imide groups is 1. The molecule has 2 aliphatic rings. The molecule has 1 atom stereocenters. The molecular weight excluding hydrogens is 420 g/mol. The van der Waals surface area contributed by atoms with Crippen LogP contribution in [0, 0.1) is 0 Å². The van der Waals surface area contributed by atoms with Gasteiger partial charge in [-0.05, 0) is 49.7 Å². The van der Waals surface area contributed by atoms with Crippen LogP contribution in [0.4, 0.5) is 10.5 Å². The van der Waals surface area contributed by atoms with Crippen molar-refractivity contribution in [3.05, 3.63) is 22.6 Å². The predicted molar refractivity (Wildman–Crippen MR) is 120 cm³/mol. The average Bonchev–Trinajstić information content (AvgIpc) is 3.33. The number of nitrogens with two attached hydrogens (primary N) is 1. The molecule has 31 heavy (non-hydrogen) atoms. The lowest BCUT2D eigenvalue weighted by molar-refractivity contribution is -0.121. The Bertz CT molecular complexity index is 889. The topological polar surface area (TPSA) is 123 Å². The van der Waals surface area contributed by atoms with Gasteiger partial charge in [0.2, 0.25) is 5.91 Å². The van der Waals surface area contributed by atoms with Crippen molar-refractivity contribution in [2.45, 2.75) is 31.7 Å². The first-order valence-corrected chi connectivity index (χ1v) is 11.0. The molecule has 2 fully saturated rings. The molecule has 9 nitrogen and oxygen atoms in total. The molecule has 0 aliphatic carbocycles. The third kappa shape index (κ3) is 5.71. The zero-order valence-electron chi connectivity index (χ0n) is 17.7. The number of methoxy groups -OCH3 is 2. The van der Waals surface area contributed by atoms with E-state index in [1.165, 1.54) is 0 Å². The van der Waals surface area contributed by atoms with E-state index < -0.39 is 11.1 Å². The summed E-state index contributed by atoms with van der Waals surface area (Å²) in [7, 11) is 3.11. The summed E-state index contributed by atoms with van der Waals surface area (Å²) in [6.45, 7) is 1.95. The number of rotatable bonds is 9. The molecule has 1 aromatic carbocycles. The first-order valence-electron chi connectivity index (χ1n) is 10.2. The van der Waals surface area contributed by atoms with E-state index in [4.69, 9.17) is 15.2 Å². The molecule has 1 unspecified atom stereocenters. The fourth-order valence-electron chi connectivity index (χ4n) is 3.66. The highest BCUT2D eigenvalue weighted by Gasteiger charge is 2.29. The minimum absolute atomic E-state index is 0.0321. The highest BCUT2D eigenvalue weighted by atomic mass is 32.2. The molecule has 10 heteroatoms. The van der Waals surface area contributed by atoms with Crippen molar-refractivity contribution >= 4 is 40.6 Å². The van der Waals surface area contributed by atoms with Crippen molar-refractivity contribution in [1.29, 1.82) is 0 Å². The lowest BCUT2D eigenvalue weighted by Gasteiger charge is -2.23. The van der Waals surface area contributed by atoms with E-state index in [-0.39, 0.29) is 11.9 Å². The van der Waals surface area contributed by atoms with E-state index in [1.54, 1.807) is 26.4 Å². The monoisotopic (exact) mass is 448 g/mol. The van der Waals surface area contributed by atoms with Crippen molar-refractivity contribution in [2.24, 2.45) is 5.73 Å². The van der Waals surface area contributed by atoms with Gasteiger partial charge in [-0.3, -0.25) is 19.7 Å². The van der Waals surface area contributed by atoms with Crippen LogP contribution in [0.5, 0.6) is 11.5 Å². The molecule has 2 heterocycles. The molecule has 3 rings (SSSR count). The zero-order valence-corrected chi connectivity index (χ0v) is 18.5. The first-order chi connectivity index (χ1) is 14.9. The number of carbonyl (C=O) groups excluding carboxylic acids is 3. The van der Waals surface area contributed by atoms with E-state index in [1.807, 2.05) is 6.07 Å². The van der Waals surface area contributed by atoms with Crippen molar-refractivity contribution in [3.63, 3.8) is 0 Å². The average molecular weight is 449 g/mol. The van der Waals surface area contributed by atoms with Gasteiger partial charge in [-0.15, -0.1) is 0 Å². The Labute approximate surface area is 185 Å². The minimum Gasteiger partial charge on any atom is -0.493 e. The Balaban J connectivity index is 1.81. The summed E-state index contributed by atoms with van der Waals surface area (Å²) in [4.78, 5) is 38.2. The van der Waals surface area contributed by atoms with Gasteiger partial charge >= 0.3 is 0 Å². The van der Waals surface area contributed by atoms with Crippen LogP contribution in [0.3, 0.4) is 0 Å². The molecule has 3 amide bonds. The van der Waals surface area contributed by atoms with Gasteiger partial charge in [0.15, 0.2) is 11.5 Å². The van der Waals surface area contributed by atoms with Crippen LogP contribution < -0.4 is 30.7 Å². The first kappa shape index (κ1) is 23.0. The van der Waals surface area contributed by atoms with Crippen molar-refractivity contribution in [3.8, 4) is 11.5 Å². The molecule has 168 valence electrons. The highest BCUT2D eigenvalue weighted by molar-refractivity contribution is 8.18. The van der Waals surface area contributed by atoms with Crippen LogP contribution in [-0.2, 0) is 9.59 Å². The van der Waals surface area contributed by atoms with Crippen LogP contribution in [0.15, 0.2) is 17.0 Å². The number of hydrogen-bond acceptors (Lipinski definition) is 8. The van der Waals surface area contributed by atoms with Crippen molar-refractivity contribution < 1.29 is 23.9 Å². The third-order valence-corrected chi connectivity index (χ3v) is 6.02. The van der Waals surface area contributed by atoms with Gasteiger partial charge in [-0.2, -0.15) is 0 Å². The third-order valence-electron chi connectivity index (χ3n) is 5.21. The maximum Gasteiger partial charge on any atom is 0.290 e. The summed E-state index contributed by atoms with van der Waals surface area (Å²) in [5.74, 6) is 0.706. The van der Waals surface area contributed by atoms with Crippen LogP contribution in [-0.4, -0.2) is 56.9 Å². The molecular formula is C21H28N4O5S. The normalized spacial score (nSPS) is 19.6. The molecule has 0 radical (unpaired) electrons. The number of amides is 3. The summed E-state index contributed by atoms with van der Waals surface area (Å²) < 4.78 is 10.9. The number of nitrogens with zero attached hydrogens (tertiary/aromatic N) is 1. The van der Waals surface area contributed by atoms with Gasteiger partial charge in [0, 0.05) is 42.9 Å². The Morgan fingerprint density at radius 3 is 2.68 bits per heavy atom. The standard InChI is InChI=1S/C21H28N4O5S/c1-29-16-9-13(10-18-20(27)24-21(28)31-18)15(11-17(16)30-2)25-8-6-14(12-25)23-19(26)5-3-4-7-22/h9-11,14H,3-8,12,22H2,1-2H3,(H,23,26)(H,24,27,28)/b18-10+. The van der Waals surface area contributed by atoms with E-state index in [0.717, 1.165) is 48.8 Å². The fraction of sp³-hybridized carbons (Fsp3) is 0.476. The second-order valence-corrected chi connectivity index (χ2v) is 8.38. The van der Waals surface area contributed by atoms with Crippen molar-refractivity contribution in [2.75, 3.05) is 38.8 Å². The number of anilines is 1. The van der Waals surface area contributed by atoms with Crippen LogP contribution in [0.1, 0.15) is 31.2 Å². The van der Waals surface area contributed by atoms with Gasteiger partial charge in [0.05, 0.1) is 19.1 Å². The molecule has 0 aromatic heterocycles. The van der Waals surface area contributed by atoms with Crippen LogP contribution >= 0.6 is 11.8 Å². The predicted octanol–water partition coefficient (Wildman–Crippen LogP) is 1.85. The van der Waals surface area contributed by atoms with E-state index in [9.17, 15) is 14.4 Å². The van der Waals surface area contributed by atoms with E-state index in [2.05, 4.69) is 15.5 Å². The summed E-state index contributed by atoms with van der Waals surface area (Å²) in [6.07, 6.45) is 4.58. The summed E-state index contributed by atoms with van der Waals surface area (Å²) in [5.41, 5.74) is 7.07. The van der Waals surface area contributed by atoms with Gasteiger partial charge in [0.25, 0.3) is 11.1 Å². The Morgan fingerprint density at radius 1 is 1.29 bits per heavy atom. The quantitative estimate of drug-likeness (QED) is 0.386. The lowest BCUT2D eigenvalue weighted by atomic mass is 10.1. The van der Waals surface area contributed by atoms with Crippen LogP contribution in [0.2, 0.25) is 0 Å². The minimum atomic E-state index is -0.417. The van der Waals surface area contributed by atoms with Gasteiger partial charge in [0.1, 0.15) is 0 Å². The SMILES string of the molecule is COc1cc(/C=C2/SC(=O)NC2=O)c(N2CCC(NC(=O)CCCCN)C2)cc1OC. The van der Waals surface area contributed by atoms with Gasteiger partial charge in [-0.1, -0.05) is 0 Å². The molecule has 2 saturated heterocycles. The van der Waals surface area contributed by atoms with Gasteiger partial charge < -0.3 is 25.4 Å². The lowest BCUT2D eigenvalue weighted by Crippen LogP contribution is -2.37. The molecule has 1 aromatic rings. The molecule has 0 bridgehead atoms. The molecule has 0 saturated carbocycles. The van der Waals surface area contributed by atoms with Crippen molar-refractivity contribution in [1.82, 2.24) is 10.6 Å². The number of ether oxygens (including phenoxy) is 2. The number of carbonyl (C=O) groups is 3. The van der Waals surface area contributed by atoms with E-state index in [0.29, 0.717) is 35.9 Å². The number of hydrogen-bond donors (Lipinski definition) is 3. The maximum atomic E-state index is 12.2. The number of thioether (sulfide) groups is 1. The van der Waals surface area contributed by atoms with Gasteiger partial charge in [-0.25, -0.2) is 0 Å². The number of benzene rings is 1. The smallest absolute Gasteiger partial charge is 0.290 e. The second-order valence-electron chi connectivity index (χ2n) is 7.36. The highest BCUT2D eigenvalue weighted by Crippen LogP contribution is 2.39. The summed E-state index contributed by atoms with van der Waals surface area (Å²) in [6, 6.07) is 3.68. The summed E-state index contributed by atoms with van der Waals surface area (Å²) in [5, 5.41) is 4.97. The Hall–Kier alpha value is -2.72. The Morgan fingerprint density at radius 2 is 2.03 bits per heavy atom. The van der Waals surface area contributed by atoms with E-state index >= 15 is 0 Å². The zero-order chi connectivity index (χ0) is 22.4. The largest absolute Gasteiger partial charge is 0.493 e. The number of nitrogens with one attached hydrogen (secondary N) is 2. The second kappa shape index (κ2) is 10.5. The Kier molecular flexibility index (Phi) is 7.80. The summed E-state index contributed by atoms with van der Waals surface area (Å²) >= 11 is 0.867. The number of unbranched alkanes of at least 4 members (excludes halogenated alkanes) is 1. The molecule has 4 N–H and O–H groups in total. The molecule has 2 aliphatic heterocycles. The molecule has 0 spiro atoms.